The first-order chi connectivity index (χ1) is 12.9. The molecule has 0 spiro atoms. The molecule has 0 aliphatic rings. The Morgan fingerprint density at radius 3 is 2.41 bits per heavy atom. The molecule has 2 aromatic rings. The molecular weight excluding hydrogens is 366 g/mol. The van der Waals surface area contributed by atoms with Gasteiger partial charge in [-0.1, -0.05) is 23.7 Å². The predicted molar refractivity (Wildman–Crippen MR) is 107 cm³/mol. The van der Waals surface area contributed by atoms with Crippen LogP contribution in [0, 0.1) is 0 Å². The maximum Gasteiger partial charge on any atom is 0.261 e. The molecule has 0 aromatic heterocycles. The molecule has 0 heterocycles. The fourth-order valence-electron chi connectivity index (χ4n) is 2.55. The number of benzene rings is 2. The Morgan fingerprint density at radius 2 is 1.74 bits per heavy atom. The highest BCUT2D eigenvalue weighted by molar-refractivity contribution is 6.30. The van der Waals surface area contributed by atoms with Crippen molar-refractivity contribution in [1.82, 2.24) is 5.32 Å². The highest BCUT2D eigenvalue weighted by Crippen LogP contribution is 2.30. The molecule has 0 saturated carbocycles. The molecule has 2 atom stereocenters. The minimum absolute atomic E-state index is 0.210. The summed E-state index contributed by atoms with van der Waals surface area (Å²) >= 11 is 5.95. The Labute approximate surface area is 165 Å². The fraction of sp³-hybridized carbons (Fsp3) is 0.381. The van der Waals surface area contributed by atoms with Crippen LogP contribution in [0.2, 0.25) is 5.02 Å². The van der Waals surface area contributed by atoms with Crippen molar-refractivity contribution >= 4 is 17.5 Å². The smallest absolute Gasteiger partial charge is 0.261 e. The summed E-state index contributed by atoms with van der Waals surface area (Å²) in [6, 6.07) is 12.4. The average Bonchev–Trinajstić information content (AvgIpc) is 2.63. The SMILES string of the molecule is CCOc1ccc([C@@H](C)NC(=O)[C@H](C)Oc2cccc(Cl)c2)cc1OCC. The molecular formula is C21H26ClNO4. The van der Waals surface area contributed by atoms with Gasteiger partial charge in [-0.25, -0.2) is 0 Å². The number of hydrogen-bond donors (Lipinski definition) is 1. The lowest BCUT2D eigenvalue weighted by Crippen LogP contribution is -2.37. The highest BCUT2D eigenvalue weighted by atomic mass is 35.5. The van der Waals surface area contributed by atoms with Crippen LogP contribution in [0.1, 0.15) is 39.3 Å². The minimum atomic E-state index is -0.653. The van der Waals surface area contributed by atoms with Gasteiger partial charge in [0, 0.05) is 5.02 Å². The number of rotatable bonds is 9. The van der Waals surface area contributed by atoms with Gasteiger partial charge in [0.1, 0.15) is 5.75 Å². The van der Waals surface area contributed by atoms with Gasteiger partial charge in [-0.15, -0.1) is 0 Å². The van der Waals surface area contributed by atoms with Gasteiger partial charge in [-0.2, -0.15) is 0 Å². The largest absolute Gasteiger partial charge is 0.490 e. The molecule has 0 radical (unpaired) electrons. The van der Waals surface area contributed by atoms with Crippen LogP contribution in [-0.2, 0) is 4.79 Å². The number of halogens is 1. The second-order valence-corrected chi connectivity index (χ2v) is 6.46. The topological polar surface area (TPSA) is 56.8 Å². The molecule has 2 aromatic carbocycles. The summed E-state index contributed by atoms with van der Waals surface area (Å²) < 4.78 is 16.9. The molecule has 0 aliphatic heterocycles. The van der Waals surface area contributed by atoms with E-state index in [4.69, 9.17) is 25.8 Å². The van der Waals surface area contributed by atoms with Crippen LogP contribution < -0.4 is 19.5 Å². The van der Waals surface area contributed by atoms with Crippen LogP contribution in [0.3, 0.4) is 0 Å². The molecule has 0 bridgehead atoms. The van der Waals surface area contributed by atoms with Crippen LogP contribution in [0.15, 0.2) is 42.5 Å². The van der Waals surface area contributed by atoms with Crippen molar-refractivity contribution in [2.45, 2.75) is 39.8 Å². The Balaban J connectivity index is 2.03. The zero-order valence-corrected chi connectivity index (χ0v) is 16.9. The van der Waals surface area contributed by atoms with Gasteiger partial charge in [0.15, 0.2) is 17.6 Å². The molecule has 1 N–H and O–H groups in total. The summed E-state index contributed by atoms with van der Waals surface area (Å²) in [5.74, 6) is 1.70. The maximum atomic E-state index is 12.5. The molecule has 0 fully saturated rings. The zero-order chi connectivity index (χ0) is 19.8. The van der Waals surface area contributed by atoms with Crippen LogP contribution in [0.5, 0.6) is 17.2 Å². The molecule has 146 valence electrons. The van der Waals surface area contributed by atoms with E-state index in [1.54, 1.807) is 31.2 Å². The minimum Gasteiger partial charge on any atom is -0.490 e. The molecule has 0 aliphatic carbocycles. The summed E-state index contributed by atoms with van der Waals surface area (Å²) in [6.07, 6.45) is -0.653. The molecule has 0 unspecified atom stereocenters. The summed E-state index contributed by atoms with van der Waals surface area (Å²) in [5, 5.41) is 3.52. The molecule has 1 amide bonds. The first-order valence-corrected chi connectivity index (χ1v) is 9.44. The van der Waals surface area contributed by atoms with Gasteiger partial charge in [0.05, 0.1) is 19.3 Å². The van der Waals surface area contributed by atoms with Crippen LogP contribution in [0.4, 0.5) is 0 Å². The Bertz CT molecular complexity index is 766. The quantitative estimate of drug-likeness (QED) is 0.668. The predicted octanol–water partition coefficient (Wildman–Crippen LogP) is 4.78. The number of amides is 1. The van der Waals surface area contributed by atoms with Crippen molar-refractivity contribution in [3.8, 4) is 17.2 Å². The van der Waals surface area contributed by atoms with Crippen molar-refractivity contribution < 1.29 is 19.0 Å². The Kier molecular flexibility index (Phi) is 7.80. The Morgan fingerprint density at radius 1 is 1.04 bits per heavy atom. The van der Waals surface area contributed by atoms with Gasteiger partial charge in [0.25, 0.3) is 5.91 Å². The van der Waals surface area contributed by atoms with Crippen molar-refractivity contribution in [2.24, 2.45) is 0 Å². The van der Waals surface area contributed by atoms with Crippen molar-refractivity contribution in [3.05, 3.63) is 53.1 Å². The third kappa shape index (κ3) is 6.07. The van der Waals surface area contributed by atoms with E-state index in [9.17, 15) is 4.79 Å². The van der Waals surface area contributed by atoms with Gasteiger partial charge < -0.3 is 19.5 Å². The van der Waals surface area contributed by atoms with E-state index >= 15 is 0 Å². The maximum absolute atomic E-state index is 12.5. The number of ether oxygens (including phenoxy) is 3. The van der Waals surface area contributed by atoms with E-state index < -0.39 is 6.10 Å². The average molecular weight is 392 g/mol. The van der Waals surface area contributed by atoms with Crippen LogP contribution in [-0.4, -0.2) is 25.2 Å². The lowest BCUT2D eigenvalue weighted by atomic mass is 10.1. The third-order valence-corrected chi connectivity index (χ3v) is 4.14. The molecule has 27 heavy (non-hydrogen) atoms. The molecule has 6 heteroatoms. The van der Waals surface area contributed by atoms with E-state index in [0.717, 1.165) is 5.56 Å². The lowest BCUT2D eigenvalue weighted by molar-refractivity contribution is -0.127. The first kappa shape index (κ1) is 20.9. The van der Waals surface area contributed by atoms with E-state index in [1.165, 1.54) is 0 Å². The van der Waals surface area contributed by atoms with Gasteiger partial charge in [0.2, 0.25) is 0 Å². The fourth-order valence-corrected chi connectivity index (χ4v) is 2.73. The third-order valence-electron chi connectivity index (χ3n) is 3.90. The summed E-state index contributed by atoms with van der Waals surface area (Å²) in [7, 11) is 0. The van der Waals surface area contributed by atoms with Gasteiger partial charge in [-0.05, 0) is 63.6 Å². The Hall–Kier alpha value is -2.40. The van der Waals surface area contributed by atoms with Crippen LogP contribution in [0.25, 0.3) is 0 Å². The number of hydrogen-bond acceptors (Lipinski definition) is 4. The number of carbonyl (C=O) groups is 1. The van der Waals surface area contributed by atoms with Gasteiger partial charge in [-0.3, -0.25) is 4.79 Å². The van der Waals surface area contributed by atoms with Crippen LogP contribution >= 0.6 is 11.6 Å². The number of carbonyl (C=O) groups excluding carboxylic acids is 1. The molecule has 5 nitrogen and oxygen atoms in total. The van der Waals surface area contributed by atoms with Crippen molar-refractivity contribution in [3.63, 3.8) is 0 Å². The second kappa shape index (κ2) is 10.1. The van der Waals surface area contributed by atoms with E-state index in [-0.39, 0.29) is 11.9 Å². The molecule has 0 saturated heterocycles. The van der Waals surface area contributed by atoms with E-state index in [0.29, 0.717) is 35.5 Å². The molecule has 2 rings (SSSR count). The normalized spacial score (nSPS) is 12.8. The number of nitrogens with one attached hydrogen (secondary N) is 1. The summed E-state index contributed by atoms with van der Waals surface area (Å²) in [5.41, 5.74) is 0.921. The van der Waals surface area contributed by atoms with Crippen molar-refractivity contribution in [1.29, 1.82) is 0 Å². The summed E-state index contributed by atoms with van der Waals surface area (Å²) in [6.45, 7) is 8.55. The monoisotopic (exact) mass is 391 g/mol. The van der Waals surface area contributed by atoms with E-state index in [1.807, 2.05) is 39.0 Å². The van der Waals surface area contributed by atoms with Gasteiger partial charge >= 0.3 is 0 Å². The van der Waals surface area contributed by atoms with Crippen molar-refractivity contribution in [2.75, 3.05) is 13.2 Å². The lowest BCUT2D eigenvalue weighted by Gasteiger charge is -2.20. The standard InChI is InChI=1S/C21H26ClNO4/c1-5-25-19-11-10-16(12-20(19)26-6-2)14(3)23-21(24)15(4)27-18-9-7-8-17(22)13-18/h7-15H,5-6H2,1-4H3,(H,23,24)/t14-,15+/m1/s1. The summed E-state index contributed by atoms with van der Waals surface area (Å²) in [4.78, 5) is 12.5. The second-order valence-electron chi connectivity index (χ2n) is 6.02. The van der Waals surface area contributed by atoms with E-state index in [2.05, 4.69) is 5.32 Å². The first-order valence-electron chi connectivity index (χ1n) is 9.06. The highest BCUT2D eigenvalue weighted by Gasteiger charge is 2.19. The zero-order valence-electron chi connectivity index (χ0n) is 16.1.